The predicted octanol–water partition coefficient (Wildman–Crippen LogP) is 4.81. The molecule has 0 aliphatic rings. The van der Waals surface area contributed by atoms with Crippen LogP contribution in [0.15, 0.2) is 82.2 Å². The number of sulfonamides is 1. The molecule has 2 N–H and O–H groups in total. The fourth-order valence-corrected chi connectivity index (χ4v) is 3.90. The van der Waals surface area contributed by atoms with Crippen molar-refractivity contribution in [3.05, 3.63) is 78.7 Å². The van der Waals surface area contributed by atoms with Gasteiger partial charge >= 0.3 is 0 Å². The highest BCUT2D eigenvalue weighted by atomic mass is 32.2. The van der Waals surface area contributed by atoms with Crippen molar-refractivity contribution in [2.75, 3.05) is 19.5 Å². The van der Waals surface area contributed by atoms with Crippen LogP contribution >= 0.6 is 0 Å². The highest BCUT2D eigenvalue weighted by Gasteiger charge is 2.16. The second-order valence-electron chi connectivity index (χ2n) is 6.81. The molecule has 1 aromatic heterocycles. The highest BCUT2D eigenvalue weighted by molar-refractivity contribution is 7.89. The van der Waals surface area contributed by atoms with E-state index in [1.807, 2.05) is 24.3 Å². The molecule has 0 aliphatic heterocycles. The first-order chi connectivity index (χ1) is 15.4. The van der Waals surface area contributed by atoms with Gasteiger partial charge in [0.25, 0.3) is 6.01 Å². The summed E-state index contributed by atoms with van der Waals surface area (Å²) in [5, 5.41) is 2.97. The third kappa shape index (κ3) is 4.48. The summed E-state index contributed by atoms with van der Waals surface area (Å²) in [6.07, 6.45) is 1.56. The number of aromatic nitrogens is 1. The van der Waals surface area contributed by atoms with E-state index in [0.717, 1.165) is 16.7 Å². The van der Waals surface area contributed by atoms with Gasteiger partial charge in [-0.1, -0.05) is 30.3 Å². The molecule has 3 aromatic carbocycles. The number of hydrogen-bond donors (Lipinski definition) is 2. The van der Waals surface area contributed by atoms with Gasteiger partial charge in [-0.25, -0.2) is 22.5 Å². The molecule has 0 amide bonds. The molecule has 32 heavy (non-hydrogen) atoms. The molecule has 4 aromatic rings. The molecule has 0 atom stereocenters. The highest BCUT2D eigenvalue weighted by Crippen LogP contribution is 2.32. The lowest BCUT2D eigenvalue weighted by Crippen LogP contribution is -2.18. The summed E-state index contributed by atoms with van der Waals surface area (Å²) in [4.78, 5) is 4.31. The first-order valence-electron chi connectivity index (χ1n) is 9.60. The fourth-order valence-electron chi connectivity index (χ4n) is 3.14. The normalized spacial score (nSPS) is 11.3. The molecule has 0 aliphatic carbocycles. The van der Waals surface area contributed by atoms with Gasteiger partial charge in [0.1, 0.15) is 11.6 Å². The molecule has 0 bridgehead atoms. The largest absolute Gasteiger partial charge is 0.495 e. The monoisotopic (exact) mass is 453 g/mol. The average Bonchev–Trinajstić information content (AvgIpc) is 3.28. The van der Waals surface area contributed by atoms with Crippen molar-refractivity contribution in [2.24, 2.45) is 0 Å². The number of ether oxygens (including phenoxy) is 1. The van der Waals surface area contributed by atoms with E-state index >= 15 is 0 Å². The molecule has 0 fully saturated rings. The van der Waals surface area contributed by atoms with Crippen LogP contribution in [0, 0.1) is 5.82 Å². The lowest BCUT2D eigenvalue weighted by atomic mass is 10.0. The molecule has 0 radical (unpaired) electrons. The summed E-state index contributed by atoms with van der Waals surface area (Å²) in [6.45, 7) is 0. The van der Waals surface area contributed by atoms with E-state index in [2.05, 4.69) is 15.0 Å². The molecular weight excluding hydrogens is 433 g/mol. The molecule has 4 rings (SSSR count). The van der Waals surface area contributed by atoms with E-state index < -0.39 is 10.0 Å². The molecule has 164 valence electrons. The minimum atomic E-state index is -3.63. The van der Waals surface area contributed by atoms with Crippen molar-refractivity contribution in [1.82, 2.24) is 9.71 Å². The predicted molar refractivity (Wildman–Crippen MR) is 120 cm³/mol. The van der Waals surface area contributed by atoms with Gasteiger partial charge in [-0.15, -0.1) is 0 Å². The third-order valence-corrected chi connectivity index (χ3v) is 6.23. The number of benzene rings is 3. The molecule has 0 unspecified atom stereocenters. The van der Waals surface area contributed by atoms with Crippen LogP contribution in [0.1, 0.15) is 0 Å². The first-order valence-corrected chi connectivity index (χ1v) is 11.1. The van der Waals surface area contributed by atoms with Gasteiger partial charge in [-0.05, 0) is 54.6 Å². The second-order valence-corrected chi connectivity index (χ2v) is 8.70. The van der Waals surface area contributed by atoms with Gasteiger partial charge in [0.05, 0.1) is 23.9 Å². The summed E-state index contributed by atoms with van der Waals surface area (Å²) < 4.78 is 50.9. The minimum absolute atomic E-state index is 0.0714. The van der Waals surface area contributed by atoms with Crippen LogP contribution in [-0.2, 0) is 10.0 Å². The minimum Gasteiger partial charge on any atom is -0.495 e. The van der Waals surface area contributed by atoms with Crippen LogP contribution in [0.5, 0.6) is 5.75 Å². The lowest BCUT2D eigenvalue weighted by Gasteiger charge is -2.11. The fraction of sp³-hybridized carbons (Fsp3) is 0.0870. The molecule has 0 saturated heterocycles. The Hall–Kier alpha value is -3.69. The van der Waals surface area contributed by atoms with Crippen LogP contribution in [0.3, 0.4) is 0 Å². The van der Waals surface area contributed by atoms with Gasteiger partial charge in [-0.3, -0.25) is 0 Å². The van der Waals surface area contributed by atoms with Crippen LogP contribution in [0.2, 0.25) is 0 Å². The maximum Gasteiger partial charge on any atom is 0.299 e. The van der Waals surface area contributed by atoms with Crippen molar-refractivity contribution in [1.29, 1.82) is 0 Å². The molecular formula is C23H20FN3O4S. The zero-order chi connectivity index (χ0) is 22.7. The standard InChI is InChI=1S/C23H20FN3O4S/c1-25-32(28,29)19-10-11-21(30-2)20(13-19)27-23-26-14-22(31-23)17-5-3-4-16(12-17)15-6-8-18(24)9-7-15/h3-14,25H,1-2H3,(H,26,27). The van der Waals surface area contributed by atoms with Gasteiger partial charge in [0.2, 0.25) is 10.0 Å². The molecule has 0 saturated carbocycles. The lowest BCUT2D eigenvalue weighted by molar-refractivity contribution is 0.416. The van der Waals surface area contributed by atoms with Crippen molar-refractivity contribution in [3.63, 3.8) is 0 Å². The van der Waals surface area contributed by atoms with Crippen molar-refractivity contribution in [2.45, 2.75) is 4.90 Å². The van der Waals surface area contributed by atoms with E-state index in [1.165, 1.54) is 38.4 Å². The summed E-state index contributed by atoms with van der Waals surface area (Å²) in [5.74, 6) is 0.644. The van der Waals surface area contributed by atoms with Crippen LogP contribution < -0.4 is 14.8 Å². The maximum absolute atomic E-state index is 13.2. The summed E-state index contributed by atoms with van der Waals surface area (Å²) in [5.41, 5.74) is 2.95. The SMILES string of the molecule is CNS(=O)(=O)c1ccc(OC)c(Nc2ncc(-c3cccc(-c4ccc(F)cc4)c3)o2)c1. The Morgan fingerprint density at radius 1 is 0.969 bits per heavy atom. The number of nitrogens with one attached hydrogen (secondary N) is 2. The Balaban J connectivity index is 1.62. The topological polar surface area (TPSA) is 93.5 Å². The second kappa shape index (κ2) is 8.81. The zero-order valence-electron chi connectivity index (χ0n) is 17.3. The quantitative estimate of drug-likeness (QED) is 0.417. The Kier molecular flexibility index (Phi) is 5.93. The first kappa shape index (κ1) is 21.5. The number of anilines is 2. The molecule has 0 spiro atoms. The average molecular weight is 453 g/mol. The van der Waals surface area contributed by atoms with E-state index in [0.29, 0.717) is 17.2 Å². The van der Waals surface area contributed by atoms with Gasteiger partial charge < -0.3 is 14.5 Å². The number of rotatable bonds is 7. The van der Waals surface area contributed by atoms with Crippen LogP contribution in [0.4, 0.5) is 16.1 Å². The Morgan fingerprint density at radius 3 is 2.44 bits per heavy atom. The summed E-state index contributed by atoms with van der Waals surface area (Å²) in [6, 6.07) is 18.4. The van der Waals surface area contributed by atoms with Gasteiger partial charge in [0.15, 0.2) is 5.76 Å². The molecule has 1 heterocycles. The Morgan fingerprint density at radius 2 is 1.72 bits per heavy atom. The number of halogens is 1. The molecule has 7 nitrogen and oxygen atoms in total. The third-order valence-electron chi connectivity index (χ3n) is 4.82. The number of oxazole rings is 1. The van der Waals surface area contributed by atoms with E-state index in [4.69, 9.17) is 9.15 Å². The van der Waals surface area contributed by atoms with Gasteiger partial charge in [-0.2, -0.15) is 0 Å². The molecule has 9 heteroatoms. The van der Waals surface area contributed by atoms with Crippen molar-refractivity contribution < 1.29 is 22.0 Å². The maximum atomic E-state index is 13.2. The Labute approximate surface area is 184 Å². The van der Waals surface area contributed by atoms with Crippen LogP contribution in [-0.4, -0.2) is 27.6 Å². The van der Waals surface area contributed by atoms with Crippen molar-refractivity contribution in [3.8, 4) is 28.2 Å². The smallest absolute Gasteiger partial charge is 0.299 e. The zero-order valence-corrected chi connectivity index (χ0v) is 18.1. The summed E-state index contributed by atoms with van der Waals surface area (Å²) in [7, 11) is -0.808. The number of nitrogens with zero attached hydrogens (tertiary/aromatic N) is 1. The number of hydrogen-bond acceptors (Lipinski definition) is 6. The van der Waals surface area contributed by atoms with Gasteiger partial charge in [0, 0.05) is 5.56 Å². The summed E-state index contributed by atoms with van der Waals surface area (Å²) >= 11 is 0. The van der Waals surface area contributed by atoms with E-state index in [9.17, 15) is 12.8 Å². The van der Waals surface area contributed by atoms with Crippen molar-refractivity contribution >= 4 is 21.7 Å². The van der Waals surface area contributed by atoms with Crippen LogP contribution in [0.25, 0.3) is 22.5 Å². The number of methoxy groups -OCH3 is 1. The Bertz CT molecular complexity index is 1350. The van der Waals surface area contributed by atoms with E-state index in [1.54, 1.807) is 24.4 Å². The van der Waals surface area contributed by atoms with E-state index in [-0.39, 0.29) is 16.7 Å².